The van der Waals surface area contributed by atoms with Crippen LogP contribution in [0.3, 0.4) is 0 Å². The maximum Gasteiger partial charge on any atom is 0.0702 e. The third kappa shape index (κ3) is 3.52. The van der Waals surface area contributed by atoms with Gasteiger partial charge in [-0.3, -0.25) is 4.98 Å². The van der Waals surface area contributed by atoms with Gasteiger partial charge in [-0.15, -0.1) is 0 Å². The molecule has 0 aliphatic rings. The van der Waals surface area contributed by atoms with Crippen molar-refractivity contribution in [2.75, 3.05) is 27.3 Å². The standard InChI is InChI=1S/C15H20N2O/c1-17(8-5-9-18-2)12-13-10-14-6-3-4-7-15(14)16-11-13/h3-4,6-7,10-11H,5,8-9,12H2,1-2H3. The maximum absolute atomic E-state index is 5.06. The van der Waals surface area contributed by atoms with Gasteiger partial charge in [-0.25, -0.2) is 0 Å². The molecule has 0 amide bonds. The molecule has 0 bridgehead atoms. The molecule has 0 radical (unpaired) electrons. The van der Waals surface area contributed by atoms with Gasteiger partial charge in [0, 0.05) is 38.4 Å². The summed E-state index contributed by atoms with van der Waals surface area (Å²) in [6, 6.07) is 10.4. The number of fused-ring (bicyclic) bond motifs is 1. The molecule has 0 N–H and O–H groups in total. The highest BCUT2D eigenvalue weighted by molar-refractivity contribution is 5.78. The molecule has 2 aromatic rings. The van der Waals surface area contributed by atoms with Gasteiger partial charge in [-0.2, -0.15) is 0 Å². The summed E-state index contributed by atoms with van der Waals surface area (Å²) in [5.74, 6) is 0. The van der Waals surface area contributed by atoms with E-state index in [-0.39, 0.29) is 0 Å². The summed E-state index contributed by atoms with van der Waals surface area (Å²) >= 11 is 0. The molecule has 1 heterocycles. The summed E-state index contributed by atoms with van der Waals surface area (Å²) in [7, 11) is 3.87. The van der Waals surface area contributed by atoms with Crippen molar-refractivity contribution in [1.82, 2.24) is 9.88 Å². The lowest BCUT2D eigenvalue weighted by Crippen LogP contribution is -2.20. The molecule has 0 spiro atoms. The van der Waals surface area contributed by atoms with Crippen molar-refractivity contribution < 1.29 is 4.74 Å². The number of aromatic nitrogens is 1. The van der Waals surface area contributed by atoms with E-state index >= 15 is 0 Å². The number of methoxy groups -OCH3 is 1. The van der Waals surface area contributed by atoms with E-state index in [2.05, 4.69) is 35.1 Å². The third-order valence-electron chi connectivity index (χ3n) is 2.99. The Kier molecular flexibility index (Phi) is 4.67. The van der Waals surface area contributed by atoms with E-state index in [1.165, 1.54) is 10.9 Å². The van der Waals surface area contributed by atoms with Gasteiger partial charge in [-0.05, 0) is 31.2 Å². The van der Waals surface area contributed by atoms with Crippen LogP contribution in [-0.4, -0.2) is 37.2 Å². The smallest absolute Gasteiger partial charge is 0.0702 e. The van der Waals surface area contributed by atoms with E-state index in [9.17, 15) is 0 Å². The van der Waals surface area contributed by atoms with Gasteiger partial charge in [0.15, 0.2) is 0 Å². The number of para-hydroxylation sites is 1. The highest BCUT2D eigenvalue weighted by Gasteiger charge is 2.02. The molecule has 3 nitrogen and oxygen atoms in total. The first-order valence-electron chi connectivity index (χ1n) is 6.31. The summed E-state index contributed by atoms with van der Waals surface area (Å²) in [4.78, 5) is 6.78. The van der Waals surface area contributed by atoms with E-state index in [0.29, 0.717) is 0 Å². The van der Waals surface area contributed by atoms with Crippen molar-refractivity contribution in [1.29, 1.82) is 0 Å². The van der Waals surface area contributed by atoms with E-state index in [1.54, 1.807) is 7.11 Å². The normalized spacial score (nSPS) is 11.3. The van der Waals surface area contributed by atoms with Gasteiger partial charge >= 0.3 is 0 Å². The molecule has 1 aromatic heterocycles. The summed E-state index contributed by atoms with van der Waals surface area (Å²) in [5.41, 5.74) is 2.32. The van der Waals surface area contributed by atoms with Crippen molar-refractivity contribution in [3.8, 4) is 0 Å². The zero-order valence-electron chi connectivity index (χ0n) is 11.1. The molecular weight excluding hydrogens is 224 g/mol. The monoisotopic (exact) mass is 244 g/mol. The van der Waals surface area contributed by atoms with Crippen LogP contribution in [-0.2, 0) is 11.3 Å². The molecule has 0 atom stereocenters. The lowest BCUT2D eigenvalue weighted by Gasteiger charge is -2.16. The van der Waals surface area contributed by atoms with Crippen LogP contribution >= 0.6 is 0 Å². The fourth-order valence-corrected chi connectivity index (χ4v) is 2.07. The van der Waals surface area contributed by atoms with Crippen molar-refractivity contribution in [3.05, 3.63) is 42.1 Å². The minimum atomic E-state index is 0.820. The van der Waals surface area contributed by atoms with Crippen molar-refractivity contribution in [2.45, 2.75) is 13.0 Å². The number of nitrogens with zero attached hydrogens (tertiary/aromatic N) is 2. The molecule has 0 aliphatic heterocycles. The largest absolute Gasteiger partial charge is 0.385 e. The number of hydrogen-bond donors (Lipinski definition) is 0. The van der Waals surface area contributed by atoms with Crippen molar-refractivity contribution >= 4 is 10.9 Å². The SMILES string of the molecule is COCCCN(C)Cc1cnc2ccccc2c1. The molecule has 0 saturated heterocycles. The summed E-state index contributed by atoms with van der Waals surface area (Å²) in [6.07, 6.45) is 3.03. The van der Waals surface area contributed by atoms with Crippen LogP contribution in [0.4, 0.5) is 0 Å². The fraction of sp³-hybridized carbons (Fsp3) is 0.400. The molecule has 2 rings (SSSR count). The molecule has 3 heteroatoms. The van der Waals surface area contributed by atoms with Gasteiger partial charge in [0.05, 0.1) is 5.52 Å². The summed E-state index contributed by atoms with van der Waals surface area (Å²) in [6.45, 7) is 2.79. The minimum absolute atomic E-state index is 0.820. The number of ether oxygens (including phenoxy) is 1. The number of rotatable bonds is 6. The number of benzene rings is 1. The molecule has 18 heavy (non-hydrogen) atoms. The predicted octanol–water partition coefficient (Wildman–Crippen LogP) is 2.70. The number of pyridine rings is 1. The zero-order chi connectivity index (χ0) is 12.8. The second-order valence-electron chi connectivity index (χ2n) is 4.62. The minimum Gasteiger partial charge on any atom is -0.385 e. The van der Waals surface area contributed by atoms with Crippen molar-refractivity contribution in [2.24, 2.45) is 0 Å². The topological polar surface area (TPSA) is 25.4 Å². The van der Waals surface area contributed by atoms with Crippen LogP contribution < -0.4 is 0 Å². The lowest BCUT2D eigenvalue weighted by atomic mass is 10.1. The van der Waals surface area contributed by atoms with E-state index in [1.807, 2.05) is 18.3 Å². The van der Waals surface area contributed by atoms with Crippen LogP contribution in [0.25, 0.3) is 10.9 Å². The highest BCUT2D eigenvalue weighted by Crippen LogP contribution is 2.13. The molecule has 0 aliphatic carbocycles. The molecule has 0 saturated carbocycles. The first-order valence-corrected chi connectivity index (χ1v) is 6.31. The Balaban J connectivity index is 1.98. The number of hydrogen-bond acceptors (Lipinski definition) is 3. The third-order valence-corrected chi connectivity index (χ3v) is 2.99. The fourth-order valence-electron chi connectivity index (χ4n) is 2.07. The van der Waals surface area contributed by atoms with Gasteiger partial charge in [0.2, 0.25) is 0 Å². The highest BCUT2D eigenvalue weighted by atomic mass is 16.5. The van der Waals surface area contributed by atoms with E-state index < -0.39 is 0 Å². The zero-order valence-corrected chi connectivity index (χ0v) is 11.1. The van der Waals surface area contributed by atoms with Crippen molar-refractivity contribution in [3.63, 3.8) is 0 Å². The Morgan fingerprint density at radius 3 is 2.94 bits per heavy atom. The van der Waals surface area contributed by atoms with Crippen LogP contribution in [0.1, 0.15) is 12.0 Å². The second-order valence-corrected chi connectivity index (χ2v) is 4.62. The molecule has 0 unspecified atom stereocenters. The van der Waals surface area contributed by atoms with Crippen LogP contribution in [0.5, 0.6) is 0 Å². The molecule has 1 aromatic carbocycles. The first kappa shape index (κ1) is 13.0. The van der Waals surface area contributed by atoms with Gasteiger partial charge in [0.25, 0.3) is 0 Å². The molecular formula is C15H20N2O. The van der Waals surface area contributed by atoms with Gasteiger partial charge in [0.1, 0.15) is 0 Å². The van der Waals surface area contributed by atoms with E-state index in [0.717, 1.165) is 31.6 Å². The van der Waals surface area contributed by atoms with E-state index in [4.69, 9.17) is 4.74 Å². The molecule has 0 fully saturated rings. The van der Waals surface area contributed by atoms with Gasteiger partial charge in [-0.1, -0.05) is 18.2 Å². The van der Waals surface area contributed by atoms with Crippen LogP contribution in [0.2, 0.25) is 0 Å². The Morgan fingerprint density at radius 2 is 2.11 bits per heavy atom. The lowest BCUT2D eigenvalue weighted by molar-refractivity contribution is 0.178. The Morgan fingerprint density at radius 1 is 1.28 bits per heavy atom. The van der Waals surface area contributed by atoms with Crippen LogP contribution in [0, 0.1) is 0 Å². The first-order chi connectivity index (χ1) is 8.79. The summed E-state index contributed by atoms with van der Waals surface area (Å²) < 4.78 is 5.06. The summed E-state index contributed by atoms with van der Waals surface area (Å²) in [5, 5.41) is 1.21. The quantitative estimate of drug-likeness (QED) is 0.731. The average molecular weight is 244 g/mol. The second kappa shape index (κ2) is 6.47. The predicted molar refractivity (Wildman–Crippen MR) is 74.6 cm³/mol. The Labute approximate surface area is 108 Å². The Hall–Kier alpha value is -1.45. The average Bonchev–Trinajstić information content (AvgIpc) is 2.39. The van der Waals surface area contributed by atoms with Gasteiger partial charge < -0.3 is 9.64 Å². The molecule has 96 valence electrons. The Bertz CT molecular complexity index is 499. The maximum atomic E-state index is 5.06. The van der Waals surface area contributed by atoms with Crippen LogP contribution in [0.15, 0.2) is 36.5 Å².